The molecule has 0 radical (unpaired) electrons. The van der Waals surface area contributed by atoms with E-state index in [9.17, 15) is 5.11 Å². The maximum absolute atomic E-state index is 10.5. The van der Waals surface area contributed by atoms with Gasteiger partial charge in [-0.15, -0.1) is 24.0 Å². The molecule has 0 saturated carbocycles. The Hall–Kier alpha value is -0.510. The quantitative estimate of drug-likeness (QED) is 0.303. The second kappa shape index (κ2) is 11.5. The molecule has 2 fully saturated rings. The van der Waals surface area contributed by atoms with Crippen LogP contribution in [0, 0.1) is 0 Å². The Morgan fingerprint density at radius 2 is 2.15 bits per heavy atom. The van der Waals surface area contributed by atoms with Gasteiger partial charge in [0.25, 0.3) is 0 Å². The first-order valence-electron chi connectivity index (χ1n) is 9.79. The zero-order valence-corrected chi connectivity index (χ0v) is 19.3. The van der Waals surface area contributed by atoms with Gasteiger partial charge in [0.2, 0.25) is 0 Å². The van der Waals surface area contributed by atoms with E-state index in [-0.39, 0.29) is 24.0 Å². The summed E-state index contributed by atoms with van der Waals surface area (Å²) in [5.41, 5.74) is 0.751. The van der Waals surface area contributed by atoms with Crippen LogP contribution in [0.4, 0.5) is 0 Å². The summed E-state index contributed by atoms with van der Waals surface area (Å²) in [5, 5.41) is 17.3. The van der Waals surface area contributed by atoms with Crippen molar-refractivity contribution in [3.05, 3.63) is 35.9 Å². The molecule has 0 amide bonds. The molecule has 1 aromatic carbocycles. The SMILES string of the molecule is CCNC(=NCC1(O)CCSC1)NCC1CCCN1Cc1ccccc1.I. The van der Waals surface area contributed by atoms with Gasteiger partial charge in [-0.1, -0.05) is 30.3 Å². The summed E-state index contributed by atoms with van der Waals surface area (Å²) in [6, 6.07) is 11.2. The van der Waals surface area contributed by atoms with Gasteiger partial charge in [-0.3, -0.25) is 9.89 Å². The van der Waals surface area contributed by atoms with Crippen LogP contribution in [0.5, 0.6) is 0 Å². The van der Waals surface area contributed by atoms with Gasteiger partial charge >= 0.3 is 0 Å². The molecule has 0 aromatic heterocycles. The summed E-state index contributed by atoms with van der Waals surface area (Å²) < 4.78 is 0. The number of nitrogens with zero attached hydrogens (tertiary/aromatic N) is 2. The van der Waals surface area contributed by atoms with E-state index in [1.807, 2.05) is 11.8 Å². The first-order valence-corrected chi connectivity index (χ1v) is 10.9. The van der Waals surface area contributed by atoms with Crippen molar-refractivity contribution < 1.29 is 5.11 Å². The number of hydrogen-bond donors (Lipinski definition) is 3. The Balaban J connectivity index is 0.00000261. The number of aliphatic hydroxyl groups is 1. The lowest BCUT2D eigenvalue weighted by Gasteiger charge is -2.26. The summed E-state index contributed by atoms with van der Waals surface area (Å²) >= 11 is 1.81. The Labute approximate surface area is 184 Å². The largest absolute Gasteiger partial charge is 0.387 e. The number of halogens is 1. The molecule has 1 aromatic rings. The highest BCUT2D eigenvalue weighted by Gasteiger charge is 2.31. The third kappa shape index (κ3) is 7.11. The molecular weight excluding hydrogens is 471 g/mol. The van der Waals surface area contributed by atoms with Crippen LogP contribution < -0.4 is 10.6 Å². The van der Waals surface area contributed by atoms with Gasteiger partial charge in [0.15, 0.2) is 5.96 Å². The second-order valence-electron chi connectivity index (χ2n) is 7.36. The minimum atomic E-state index is -0.625. The molecule has 0 aliphatic carbocycles. The molecule has 3 N–H and O–H groups in total. The van der Waals surface area contributed by atoms with Crippen LogP contribution in [-0.2, 0) is 6.54 Å². The zero-order chi connectivity index (χ0) is 18.2. The molecule has 0 bridgehead atoms. The van der Waals surface area contributed by atoms with Gasteiger partial charge < -0.3 is 15.7 Å². The molecule has 2 unspecified atom stereocenters. The summed E-state index contributed by atoms with van der Waals surface area (Å²) in [7, 11) is 0. The van der Waals surface area contributed by atoms with Gasteiger partial charge in [-0.05, 0) is 44.0 Å². The maximum Gasteiger partial charge on any atom is 0.191 e. The van der Waals surface area contributed by atoms with Crippen molar-refractivity contribution in [3.8, 4) is 0 Å². The summed E-state index contributed by atoms with van der Waals surface area (Å²) in [4.78, 5) is 7.21. The fourth-order valence-corrected chi connectivity index (χ4v) is 4.94. The Bertz CT molecular complexity index is 581. The first-order chi connectivity index (χ1) is 12.7. The van der Waals surface area contributed by atoms with Crippen molar-refractivity contribution >= 4 is 41.7 Å². The number of rotatable bonds is 7. The summed E-state index contributed by atoms with van der Waals surface area (Å²) in [5.74, 6) is 2.65. The average Bonchev–Trinajstić information content (AvgIpc) is 3.28. The van der Waals surface area contributed by atoms with Crippen LogP contribution in [0.3, 0.4) is 0 Å². The van der Waals surface area contributed by atoms with Crippen molar-refractivity contribution in [1.82, 2.24) is 15.5 Å². The van der Waals surface area contributed by atoms with Crippen molar-refractivity contribution in [3.63, 3.8) is 0 Å². The van der Waals surface area contributed by atoms with Crippen molar-refractivity contribution in [2.24, 2.45) is 4.99 Å². The fourth-order valence-electron chi connectivity index (χ4n) is 3.66. The van der Waals surface area contributed by atoms with E-state index in [2.05, 4.69) is 57.8 Å². The van der Waals surface area contributed by atoms with E-state index >= 15 is 0 Å². The van der Waals surface area contributed by atoms with Crippen LogP contribution in [0.2, 0.25) is 0 Å². The van der Waals surface area contributed by atoms with Crippen LogP contribution >= 0.6 is 35.7 Å². The molecule has 7 heteroatoms. The number of aliphatic imine (C=N–C) groups is 1. The number of likely N-dealkylation sites (tertiary alicyclic amines) is 1. The predicted molar refractivity (Wildman–Crippen MR) is 126 cm³/mol. The Morgan fingerprint density at radius 3 is 2.85 bits per heavy atom. The molecular formula is C20H33IN4OS. The number of benzene rings is 1. The lowest BCUT2D eigenvalue weighted by molar-refractivity contribution is 0.0778. The number of guanidine groups is 1. The first kappa shape index (κ1) is 22.8. The van der Waals surface area contributed by atoms with Crippen LogP contribution in [0.25, 0.3) is 0 Å². The molecule has 3 rings (SSSR count). The number of hydrogen-bond acceptors (Lipinski definition) is 4. The molecule has 2 heterocycles. The highest BCUT2D eigenvalue weighted by atomic mass is 127. The van der Waals surface area contributed by atoms with Crippen molar-refractivity contribution in [2.45, 2.75) is 44.4 Å². The highest BCUT2D eigenvalue weighted by molar-refractivity contribution is 14.0. The molecule has 2 aliphatic heterocycles. The minimum absolute atomic E-state index is 0. The van der Waals surface area contributed by atoms with Gasteiger partial charge in [-0.25, -0.2) is 0 Å². The average molecular weight is 504 g/mol. The van der Waals surface area contributed by atoms with E-state index in [1.54, 1.807) is 0 Å². The molecule has 2 aliphatic rings. The third-order valence-corrected chi connectivity index (χ3v) is 6.43. The molecule has 5 nitrogen and oxygen atoms in total. The van der Waals surface area contributed by atoms with Gasteiger partial charge in [0, 0.05) is 31.4 Å². The van der Waals surface area contributed by atoms with E-state index in [4.69, 9.17) is 0 Å². The topological polar surface area (TPSA) is 59.9 Å². The minimum Gasteiger partial charge on any atom is -0.387 e. The lowest BCUT2D eigenvalue weighted by atomic mass is 10.1. The Morgan fingerprint density at radius 1 is 1.33 bits per heavy atom. The zero-order valence-electron chi connectivity index (χ0n) is 16.2. The maximum atomic E-state index is 10.5. The number of nitrogens with one attached hydrogen (secondary N) is 2. The highest BCUT2D eigenvalue weighted by Crippen LogP contribution is 2.27. The summed E-state index contributed by atoms with van der Waals surface area (Å²) in [6.07, 6.45) is 3.32. The van der Waals surface area contributed by atoms with E-state index < -0.39 is 5.60 Å². The normalized spacial score (nSPS) is 26.0. The van der Waals surface area contributed by atoms with Gasteiger partial charge in [0.1, 0.15) is 0 Å². The molecule has 2 atom stereocenters. The molecule has 0 spiro atoms. The van der Waals surface area contributed by atoms with Crippen molar-refractivity contribution in [1.29, 1.82) is 0 Å². The predicted octanol–water partition coefficient (Wildman–Crippen LogP) is 2.69. The molecule has 152 valence electrons. The van der Waals surface area contributed by atoms with Crippen LogP contribution in [0.1, 0.15) is 31.7 Å². The van der Waals surface area contributed by atoms with Crippen LogP contribution in [0.15, 0.2) is 35.3 Å². The van der Waals surface area contributed by atoms with E-state index in [0.717, 1.165) is 50.1 Å². The smallest absolute Gasteiger partial charge is 0.191 e. The second-order valence-corrected chi connectivity index (χ2v) is 8.46. The van der Waals surface area contributed by atoms with Crippen LogP contribution in [-0.4, -0.2) is 65.3 Å². The standard InChI is InChI=1S/C20H32N4OS.HI/c1-2-21-19(23-15-20(25)10-12-26-16-20)22-13-18-9-6-11-24(18)14-17-7-4-3-5-8-17;/h3-5,7-8,18,25H,2,6,9-16H2,1H3,(H2,21,22,23);1H. The van der Waals surface area contributed by atoms with Gasteiger partial charge in [-0.2, -0.15) is 11.8 Å². The number of thioether (sulfide) groups is 1. The molecule has 27 heavy (non-hydrogen) atoms. The molecule has 2 saturated heterocycles. The van der Waals surface area contributed by atoms with E-state index in [1.165, 1.54) is 18.4 Å². The fraction of sp³-hybridized carbons (Fsp3) is 0.650. The lowest BCUT2D eigenvalue weighted by Crippen LogP contribution is -2.45. The van der Waals surface area contributed by atoms with Gasteiger partial charge in [0.05, 0.1) is 12.1 Å². The van der Waals surface area contributed by atoms with Crippen molar-refractivity contribution in [2.75, 3.05) is 37.7 Å². The Kier molecular flexibility index (Phi) is 9.69. The monoisotopic (exact) mass is 504 g/mol. The third-order valence-electron chi connectivity index (χ3n) is 5.19. The summed E-state index contributed by atoms with van der Waals surface area (Å²) in [6.45, 7) is 6.45. The van der Waals surface area contributed by atoms with E-state index in [0.29, 0.717) is 12.6 Å².